The van der Waals surface area contributed by atoms with Crippen LogP contribution in [0.5, 0.6) is 0 Å². The van der Waals surface area contributed by atoms with E-state index in [0.29, 0.717) is 11.4 Å². The van der Waals surface area contributed by atoms with Gasteiger partial charge in [0.15, 0.2) is 0 Å². The van der Waals surface area contributed by atoms with Gasteiger partial charge in [0.05, 0.1) is 4.92 Å². The number of rotatable bonds is 5. The van der Waals surface area contributed by atoms with Crippen molar-refractivity contribution in [2.45, 2.75) is 6.04 Å². The van der Waals surface area contributed by atoms with Crippen LogP contribution in [0.2, 0.25) is 0 Å². The third-order valence-electron chi connectivity index (χ3n) is 4.08. The van der Waals surface area contributed by atoms with Crippen molar-refractivity contribution >= 4 is 17.3 Å². The zero-order valence-electron chi connectivity index (χ0n) is 14.3. The SMILES string of the molecule is Cn1ccnc1[C@@H](NC(=O)c1ccc(N)c([N+](=O)[O-])c1)c1ccc(F)cc1. The molecular formula is C18H16FN5O3. The highest BCUT2D eigenvalue weighted by molar-refractivity contribution is 5.96. The van der Waals surface area contributed by atoms with Crippen molar-refractivity contribution in [1.82, 2.24) is 14.9 Å². The summed E-state index contributed by atoms with van der Waals surface area (Å²) in [5.41, 5.74) is 5.89. The standard InChI is InChI=1S/C18H16FN5O3/c1-23-9-8-21-17(23)16(11-2-5-13(19)6-3-11)22-18(25)12-4-7-14(20)15(10-12)24(26)27/h2-10,16H,20H2,1H3,(H,22,25)/t16-/m0/s1. The maximum Gasteiger partial charge on any atom is 0.292 e. The second kappa shape index (κ2) is 7.24. The molecule has 138 valence electrons. The van der Waals surface area contributed by atoms with Crippen LogP contribution in [0.1, 0.15) is 27.8 Å². The van der Waals surface area contributed by atoms with E-state index in [1.807, 2.05) is 0 Å². The van der Waals surface area contributed by atoms with E-state index < -0.39 is 22.7 Å². The number of imidazole rings is 1. The molecule has 0 fully saturated rings. The van der Waals surface area contributed by atoms with Crippen molar-refractivity contribution in [3.8, 4) is 0 Å². The summed E-state index contributed by atoms with van der Waals surface area (Å²) in [6.07, 6.45) is 3.29. The van der Waals surface area contributed by atoms with Gasteiger partial charge in [-0.05, 0) is 29.8 Å². The smallest absolute Gasteiger partial charge is 0.292 e. The van der Waals surface area contributed by atoms with Gasteiger partial charge in [-0.25, -0.2) is 9.37 Å². The van der Waals surface area contributed by atoms with Crippen molar-refractivity contribution < 1.29 is 14.1 Å². The van der Waals surface area contributed by atoms with Crippen LogP contribution in [0.15, 0.2) is 54.9 Å². The Bertz CT molecular complexity index is 1000. The third kappa shape index (κ3) is 3.76. The van der Waals surface area contributed by atoms with Crippen LogP contribution in [-0.2, 0) is 7.05 Å². The Morgan fingerprint density at radius 3 is 2.59 bits per heavy atom. The molecule has 0 aliphatic heterocycles. The lowest BCUT2D eigenvalue weighted by atomic mass is 10.0. The number of nitrogens with one attached hydrogen (secondary N) is 1. The van der Waals surface area contributed by atoms with Crippen LogP contribution in [0.25, 0.3) is 0 Å². The first-order valence-electron chi connectivity index (χ1n) is 7.94. The van der Waals surface area contributed by atoms with Crippen molar-refractivity contribution in [2.75, 3.05) is 5.73 Å². The molecule has 0 bridgehead atoms. The molecule has 1 aromatic heterocycles. The molecule has 3 aromatic rings. The first-order chi connectivity index (χ1) is 12.9. The number of nitro groups is 1. The average Bonchev–Trinajstić information content (AvgIpc) is 3.06. The molecule has 1 amide bonds. The summed E-state index contributed by atoms with van der Waals surface area (Å²) < 4.78 is 15.0. The number of halogens is 1. The number of amides is 1. The molecule has 27 heavy (non-hydrogen) atoms. The number of nitrogen functional groups attached to an aromatic ring is 1. The summed E-state index contributed by atoms with van der Waals surface area (Å²) >= 11 is 0. The molecule has 2 aromatic carbocycles. The summed E-state index contributed by atoms with van der Waals surface area (Å²) in [5, 5.41) is 13.8. The van der Waals surface area contributed by atoms with Gasteiger partial charge in [-0.2, -0.15) is 0 Å². The predicted octanol–water partition coefficient (Wildman–Crippen LogP) is 2.57. The molecule has 1 heterocycles. The highest BCUT2D eigenvalue weighted by atomic mass is 19.1. The van der Waals surface area contributed by atoms with E-state index in [-0.39, 0.29) is 16.9 Å². The van der Waals surface area contributed by atoms with Gasteiger partial charge in [0.1, 0.15) is 23.4 Å². The Morgan fingerprint density at radius 2 is 2.00 bits per heavy atom. The monoisotopic (exact) mass is 369 g/mol. The fourth-order valence-corrected chi connectivity index (χ4v) is 2.66. The molecule has 0 aliphatic carbocycles. The Hall–Kier alpha value is -3.75. The molecule has 0 radical (unpaired) electrons. The second-order valence-corrected chi connectivity index (χ2v) is 5.89. The second-order valence-electron chi connectivity index (χ2n) is 5.89. The number of carbonyl (C=O) groups excluding carboxylic acids is 1. The quantitative estimate of drug-likeness (QED) is 0.407. The first-order valence-corrected chi connectivity index (χ1v) is 7.94. The molecule has 0 saturated carbocycles. The summed E-state index contributed by atoms with van der Waals surface area (Å²) in [5.74, 6) is -0.423. The number of hydrogen-bond donors (Lipinski definition) is 2. The Morgan fingerprint density at radius 1 is 1.30 bits per heavy atom. The summed E-state index contributed by atoms with van der Waals surface area (Å²) in [6, 6.07) is 8.80. The van der Waals surface area contributed by atoms with Crippen LogP contribution in [0.4, 0.5) is 15.8 Å². The number of benzene rings is 2. The number of aryl methyl sites for hydroxylation is 1. The van der Waals surface area contributed by atoms with Gasteiger partial charge in [-0.1, -0.05) is 12.1 Å². The molecule has 8 nitrogen and oxygen atoms in total. The predicted molar refractivity (Wildman–Crippen MR) is 96.4 cm³/mol. The molecule has 3 N–H and O–H groups in total. The van der Waals surface area contributed by atoms with E-state index in [2.05, 4.69) is 10.3 Å². The van der Waals surface area contributed by atoms with Crippen LogP contribution in [0, 0.1) is 15.9 Å². The first kappa shape index (κ1) is 18.1. The normalized spacial score (nSPS) is 11.8. The Labute approximate surface area is 153 Å². The summed E-state index contributed by atoms with van der Waals surface area (Å²) in [4.78, 5) is 27.3. The molecule has 0 unspecified atom stereocenters. The fourth-order valence-electron chi connectivity index (χ4n) is 2.66. The maximum atomic E-state index is 13.3. The Balaban J connectivity index is 1.96. The summed E-state index contributed by atoms with van der Waals surface area (Å²) in [7, 11) is 1.76. The van der Waals surface area contributed by atoms with Gasteiger partial charge in [-0.15, -0.1) is 0 Å². The third-order valence-corrected chi connectivity index (χ3v) is 4.08. The van der Waals surface area contributed by atoms with E-state index in [1.165, 1.54) is 24.3 Å². The number of nitro benzene ring substituents is 1. The van der Waals surface area contributed by atoms with E-state index in [1.54, 1.807) is 36.1 Å². The van der Waals surface area contributed by atoms with Crippen LogP contribution in [0.3, 0.4) is 0 Å². The minimum Gasteiger partial charge on any atom is -0.393 e. The van der Waals surface area contributed by atoms with Gasteiger partial charge < -0.3 is 15.6 Å². The van der Waals surface area contributed by atoms with Crippen molar-refractivity contribution in [2.24, 2.45) is 7.05 Å². The lowest BCUT2D eigenvalue weighted by Crippen LogP contribution is -2.31. The Kier molecular flexibility index (Phi) is 4.84. The molecular weight excluding hydrogens is 353 g/mol. The van der Waals surface area contributed by atoms with Crippen LogP contribution < -0.4 is 11.1 Å². The van der Waals surface area contributed by atoms with Gasteiger partial charge in [0, 0.05) is 31.1 Å². The molecule has 9 heteroatoms. The minimum absolute atomic E-state index is 0.0317. The fraction of sp³-hybridized carbons (Fsp3) is 0.111. The van der Waals surface area contributed by atoms with E-state index >= 15 is 0 Å². The van der Waals surface area contributed by atoms with Gasteiger partial charge >= 0.3 is 0 Å². The zero-order chi connectivity index (χ0) is 19.6. The lowest BCUT2D eigenvalue weighted by molar-refractivity contribution is -0.383. The van der Waals surface area contributed by atoms with Crippen LogP contribution in [-0.4, -0.2) is 20.4 Å². The number of anilines is 1. The number of hydrogen-bond acceptors (Lipinski definition) is 5. The average molecular weight is 369 g/mol. The molecule has 3 rings (SSSR count). The molecule has 0 aliphatic rings. The maximum absolute atomic E-state index is 13.3. The molecule has 1 atom stereocenters. The van der Waals surface area contributed by atoms with E-state index in [9.17, 15) is 19.3 Å². The highest BCUT2D eigenvalue weighted by Gasteiger charge is 2.23. The van der Waals surface area contributed by atoms with E-state index in [0.717, 1.165) is 6.07 Å². The van der Waals surface area contributed by atoms with E-state index in [4.69, 9.17) is 5.73 Å². The molecule has 0 spiro atoms. The largest absolute Gasteiger partial charge is 0.393 e. The number of aromatic nitrogens is 2. The number of nitrogens with zero attached hydrogens (tertiary/aromatic N) is 3. The van der Waals surface area contributed by atoms with Gasteiger partial charge in [-0.3, -0.25) is 14.9 Å². The molecule has 0 saturated heterocycles. The van der Waals surface area contributed by atoms with Crippen molar-refractivity contribution in [3.05, 3.63) is 87.7 Å². The van der Waals surface area contributed by atoms with Crippen molar-refractivity contribution in [3.63, 3.8) is 0 Å². The number of nitrogens with two attached hydrogens (primary N) is 1. The highest BCUT2D eigenvalue weighted by Crippen LogP contribution is 2.25. The number of carbonyl (C=O) groups is 1. The topological polar surface area (TPSA) is 116 Å². The van der Waals surface area contributed by atoms with Crippen LogP contribution >= 0.6 is 0 Å². The van der Waals surface area contributed by atoms with Crippen molar-refractivity contribution in [1.29, 1.82) is 0 Å². The zero-order valence-corrected chi connectivity index (χ0v) is 14.3. The minimum atomic E-state index is -0.672. The van der Waals surface area contributed by atoms with Gasteiger partial charge in [0.25, 0.3) is 11.6 Å². The summed E-state index contributed by atoms with van der Waals surface area (Å²) in [6.45, 7) is 0. The lowest BCUT2D eigenvalue weighted by Gasteiger charge is -2.19. The van der Waals surface area contributed by atoms with Gasteiger partial charge in [0.2, 0.25) is 0 Å².